The number of aldehydes is 1. The van der Waals surface area contributed by atoms with Crippen LogP contribution in [-0.4, -0.2) is 29.2 Å². The van der Waals surface area contributed by atoms with E-state index in [1.54, 1.807) is 0 Å². The second-order valence-electron chi connectivity index (χ2n) is 1.18. The van der Waals surface area contributed by atoms with Crippen molar-refractivity contribution in [1.82, 2.24) is 0 Å². The molecule has 0 bridgehead atoms. The van der Waals surface area contributed by atoms with E-state index in [2.05, 4.69) is 0 Å². The van der Waals surface area contributed by atoms with Gasteiger partial charge >= 0.3 is 52.2 Å². The minimum atomic E-state index is -1.66. The molecular formula is C4H3BiOS. The summed E-state index contributed by atoms with van der Waals surface area (Å²) in [7, 11) is 4.94. The van der Waals surface area contributed by atoms with Crippen molar-refractivity contribution in [2.24, 2.45) is 0 Å². The Kier molecular flexibility index (Phi) is 1.66. The Bertz CT molecular complexity index is 198. The summed E-state index contributed by atoms with van der Waals surface area (Å²) >= 11 is -1.66. The van der Waals surface area contributed by atoms with Gasteiger partial charge in [-0.3, -0.25) is 0 Å². The van der Waals surface area contributed by atoms with Gasteiger partial charge in [0, 0.05) is 0 Å². The molecule has 3 heteroatoms. The summed E-state index contributed by atoms with van der Waals surface area (Å²) in [6.45, 7) is 0. The molecule has 1 aliphatic rings. The molecule has 36 valence electrons. The molecule has 0 spiro atoms. The number of allylic oxidation sites excluding steroid dienone is 2. The number of hydrogen-bond donors (Lipinski definition) is 0. The zero-order valence-corrected chi connectivity index (χ0v) is 7.79. The topological polar surface area (TPSA) is 17.1 Å². The summed E-state index contributed by atoms with van der Waals surface area (Å²) in [4.78, 5) is 9.89. The third kappa shape index (κ3) is 0.946. The second-order valence-corrected chi connectivity index (χ2v) is 10.3. The fourth-order valence-corrected chi connectivity index (χ4v) is 3.88. The van der Waals surface area contributed by atoms with Crippen LogP contribution in [0.5, 0.6) is 0 Å². The molecule has 0 radical (unpaired) electrons. The summed E-state index contributed by atoms with van der Waals surface area (Å²) < 4.78 is 2.96. The van der Waals surface area contributed by atoms with Crippen molar-refractivity contribution in [1.29, 1.82) is 0 Å². The standard InChI is InChI=1S/C4H3O.Bi.S/c1-2-3-4-5;;/h1-2,4H;;. The van der Waals surface area contributed by atoms with E-state index in [1.165, 1.54) is 0 Å². The van der Waals surface area contributed by atoms with Crippen molar-refractivity contribution in [2.45, 2.75) is 0 Å². The van der Waals surface area contributed by atoms with Gasteiger partial charge < -0.3 is 0 Å². The third-order valence-corrected chi connectivity index (χ3v) is 8.27. The summed E-state index contributed by atoms with van der Waals surface area (Å²) in [6, 6.07) is 0. The van der Waals surface area contributed by atoms with Gasteiger partial charge in [0.2, 0.25) is 0 Å². The van der Waals surface area contributed by atoms with Crippen LogP contribution in [0.25, 0.3) is 0 Å². The molecule has 0 unspecified atom stereocenters. The molecule has 0 atom stereocenters. The van der Waals surface area contributed by atoms with Crippen LogP contribution in [0.3, 0.4) is 0 Å². The minimum absolute atomic E-state index is 0.894. The van der Waals surface area contributed by atoms with Crippen LogP contribution >= 0.6 is 8.86 Å². The van der Waals surface area contributed by atoms with Crippen molar-refractivity contribution in [2.75, 3.05) is 0 Å². The fourth-order valence-electron chi connectivity index (χ4n) is 0.313. The van der Waals surface area contributed by atoms with E-state index in [4.69, 9.17) is 8.86 Å². The van der Waals surface area contributed by atoms with E-state index in [1.807, 2.05) is 9.78 Å². The van der Waals surface area contributed by atoms with E-state index >= 15 is 0 Å². The monoisotopic (exact) mass is 308 g/mol. The molecule has 0 amide bonds. The Balaban J connectivity index is 2.83. The summed E-state index contributed by atoms with van der Waals surface area (Å²) in [5.41, 5.74) is 0. The first-order valence-corrected chi connectivity index (χ1v) is 10.2. The van der Waals surface area contributed by atoms with E-state index < -0.39 is 19.2 Å². The van der Waals surface area contributed by atoms with E-state index in [0.717, 1.165) is 9.57 Å². The third-order valence-electron chi connectivity index (χ3n) is 0.756. The molecule has 0 aromatic rings. The average molecular weight is 308 g/mol. The first kappa shape index (κ1) is 5.52. The van der Waals surface area contributed by atoms with E-state index in [0.29, 0.717) is 0 Å². The van der Waals surface area contributed by atoms with Crippen LogP contribution in [0.4, 0.5) is 0 Å². The first-order chi connectivity index (χ1) is 3.34. The van der Waals surface area contributed by atoms with Gasteiger partial charge in [-0.15, -0.1) is 0 Å². The van der Waals surface area contributed by atoms with Gasteiger partial charge in [0.05, 0.1) is 0 Å². The molecule has 0 N–H and O–H groups in total. The van der Waals surface area contributed by atoms with Gasteiger partial charge in [-0.2, -0.15) is 0 Å². The Morgan fingerprint density at radius 1 is 1.86 bits per heavy atom. The summed E-state index contributed by atoms with van der Waals surface area (Å²) in [6.07, 6.45) is 2.73. The van der Waals surface area contributed by atoms with Crippen LogP contribution in [0.15, 0.2) is 9.36 Å². The second kappa shape index (κ2) is 2.10. The van der Waals surface area contributed by atoms with Crippen molar-refractivity contribution in [3.05, 3.63) is 9.36 Å². The molecule has 1 rings (SSSR count). The molecule has 7 heavy (non-hydrogen) atoms. The molecule has 0 saturated carbocycles. The van der Waals surface area contributed by atoms with Gasteiger partial charge in [-0.1, -0.05) is 0 Å². The Morgan fingerprint density at radius 3 is 2.57 bits per heavy atom. The molecule has 0 aliphatic carbocycles. The van der Waals surface area contributed by atoms with Gasteiger partial charge in [-0.05, 0) is 0 Å². The van der Waals surface area contributed by atoms with Gasteiger partial charge in [0.15, 0.2) is 0 Å². The number of rotatable bonds is 1. The van der Waals surface area contributed by atoms with E-state index in [9.17, 15) is 4.79 Å². The first-order valence-electron chi connectivity index (χ1n) is 1.81. The Labute approximate surface area is 52.1 Å². The maximum absolute atomic E-state index is 9.89. The molecule has 1 nitrogen and oxygen atoms in total. The number of hydrogen-bond acceptors (Lipinski definition) is 2. The summed E-state index contributed by atoms with van der Waals surface area (Å²) in [5.74, 6) is 0. The molecule has 1 aliphatic heterocycles. The van der Waals surface area contributed by atoms with Gasteiger partial charge in [0.1, 0.15) is 0 Å². The van der Waals surface area contributed by atoms with Crippen LogP contribution in [-0.2, 0) is 4.79 Å². The number of carbonyl (C=O) groups is 1. The predicted octanol–water partition coefficient (Wildman–Crippen LogP) is 0.237. The maximum atomic E-state index is 9.89. The van der Waals surface area contributed by atoms with Crippen LogP contribution in [0, 0.1) is 0 Å². The van der Waals surface area contributed by atoms with Gasteiger partial charge in [0.25, 0.3) is 0 Å². The van der Waals surface area contributed by atoms with Crippen LogP contribution in [0.2, 0.25) is 0 Å². The molecule has 1 heterocycles. The average Bonchev–Trinajstić information content (AvgIpc) is 1.65. The van der Waals surface area contributed by atoms with Crippen molar-refractivity contribution < 1.29 is 4.79 Å². The fraction of sp³-hybridized carbons (Fsp3) is 0. The molecule has 0 fully saturated rings. The SMILES string of the molecule is O=C[C]1=C[CH]=[Bi]1=[S]. The van der Waals surface area contributed by atoms with Crippen molar-refractivity contribution >= 4 is 38.1 Å². The molecule has 0 aromatic heterocycles. The zero-order chi connectivity index (χ0) is 5.28. The molecule has 0 saturated heterocycles. The van der Waals surface area contributed by atoms with E-state index in [-0.39, 0.29) is 0 Å². The Hall–Kier alpha value is 0.383. The predicted molar refractivity (Wildman–Crippen MR) is 33.6 cm³/mol. The van der Waals surface area contributed by atoms with Gasteiger partial charge in [-0.25, -0.2) is 0 Å². The molecule has 0 aromatic carbocycles. The van der Waals surface area contributed by atoms with Crippen molar-refractivity contribution in [3.63, 3.8) is 0 Å². The number of carbonyl (C=O) groups excluding carboxylic acids is 1. The quantitative estimate of drug-likeness (QED) is 0.510. The van der Waals surface area contributed by atoms with Crippen LogP contribution < -0.4 is 0 Å². The van der Waals surface area contributed by atoms with Crippen LogP contribution in [0.1, 0.15) is 0 Å². The van der Waals surface area contributed by atoms with Crippen molar-refractivity contribution in [3.8, 4) is 0 Å². The Morgan fingerprint density at radius 2 is 2.57 bits per heavy atom. The normalized spacial score (nSPS) is 16.6. The molecular weight excluding hydrogens is 305 g/mol. The summed E-state index contributed by atoms with van der Waals surface area (Å²) in [5, 5.41) is 0. The zero-order valence-electron chi connectivity index (χ0n) is 3.50.